The van der Waals surface area contributed by atoms with Gasteiger partial charge >= 0.3 is 0 Å². The van der Waals surface area contributed by atoms with Crippen molar-refractivity contribution in [3.8, 4) is 17.1 Å². The van der Waals surface area contributed by atoms with Gasteiger partial charge in [0.2, 0.25) is 17.6 Å². The van der Waals surface area contributed by atoms with E-state index in [1.165, 1.54) is 0 Å². The van der Waals surface area contributed by atoms with Crippen LogP contribution in [-0.4, -0.2) is 29.7 Å². The predicted molar refractivity (Wildman–Crippen MR) is 97.2 cm³/mol. The van der Waals surface area contributed by atoms with Crippen molar-refractivity contribution in [1.82, 2.24) is 10.1 Å². The molecule has 0 saturated carbocycles. The number of carbonyl (C=O) groups excluding carboxylic acids is 1. The van der Waals surface area contributed by atoms with Gasteiger partial charge in [0.1, 0.15) is 5.75 Å². The number of aromatic nitrogens is 2. The molecule has 4 rings (SSSR count). The summed E-state index contributed by atoms with van der Waals surface area (Å²) in [6.07, 6.45) is 0.363. The maximum absolute atomic E-state index is 12.4. The van der Waals surface area contributed by atoms with E-state index in [9.17, 15) is 4.79 Å². The van der Waals surface area contributed by atoms with Crippen LogP contribution in [0.5, 0.6) is 5.75 Å². The number of rotatable bonds is 4. The summed E-state index contributed by atoms with van der Waals surface area (Å²) < 4.78 is 10.6. The first kappa shape index (κ1) is 16.3. The summed E-state index contributed by atoms with van der Waals surface area (Å²) in [6.45, 7) is 2.54. The molecule has 3 aromatic rings. The van der Waals surface area contributed by atoms with Crippen LogP contribution in [0.25, 0.3) is 11.4 Å². The van der Waals surface area contributed by atoms with Crippen molar-refractivity contribution < 1.29 is 14.1 Å². The van der Waals surface area contributed by atoms with Crippen LogP contribution in [0.3, 0.4) is 0 Å². The summed E-state index contributed by atoms with van der Waals surface area (Å²) in [5, 5.41) is 4.10. The van der Waals surface area contributed by atoms with Crippen molar-refractivity contribution in [2.24, 2.45) is 0 Å². The number of amides is 1. The zero-order chi connectivity index (χ0) is 18.1. The van der Waals surface area contributed by atoms with Gasteiger partial charge in [-0.3, -0.25) is 4.79 Å². The topological polar surface area (TPSA) is 68.5 Å². The van der Waals surface area contributed by atoms with Gasteiger partial charge in [-0.25, -0.2) is 0 Å². The van der Waals surface area contributed by atoms with Crippen molar-refractivity contribution in [3.05, 3.63) is 60.0 Å². The minimum atomic E-state index is -0.102. The fraction of sp³-hybridized carbons (Fsp3) is 0.250. The number of anilines is 1. The first-order chi connectivity index (χ1) is 12.7. The molecule has 0 bridgehead atoms. The fourth-order valence-corrected chi connectivity index (χ4v) is 3.22. The molecule has 1 aliphatic rings. The van der Waals surface area contributed by atoms with Crippen LogP contribution < -0.4 is 9.64 Å². The van der Waals surface area contributed by atoms with Crippen LogP contribution in [0.2, 0.25) is 0 Å². The Morgan fingerprint density at radius 2 is 1.92 bits per heavy atom. The quantitative estimate of drug-likeness (QED) is 0.720. The van der Waals surface area contributed by atoms with E-state index in [0.29, 0.717) is 24.7 Å². The molecule has 6 nitrogen and oxygen atoms in total. The molecule has 1 aliphatic heterocycles. The molecule has 6 heteroatoms. The predicted octanol–water partition coefficient (Wildman–Crippen LogP) is 3.57. The Morgan fingerprint density at radius 1 is 1.15 bits per heavy atom. The first-order valence-corrected chi connectivity index (χ1v) is 8.49. The summed E-state index contributed by atoms with van der Waals surface area (Å²) in [6, 6.07) is 15.4. The molecule has 1 fully saturated rings. The Balaban J connectivity index is 1.55. The Bertz CT molecular complexity index is 933. The highest BCUT2D eigenvalue weighted by Crippen LogP contribution is 2.33. The van der Waals surface area contributed by atoms with Gasteiger partial charge in [0.25, 0.3) is 0 Å². The number of benzene rings is 2. The highest BCUT2D eigenvalue weighted by atomic mass is 16.5. The molecule has 1 amide bonds. The SMILES string of the molecule is COc1ccc(N2C[C@@H](c3nc(-c4ccccc4C)no3)CC2=O)cc1. The van der Waals surface area contributed by atoms with E-state index in [4.69, 9.17) is 9.26 Å². The van der Waals surface area contributed by atoms with Gasteiger partial charge in [0, 0.05) is 24.2 Å². The van der Waals surface area contributed by atoms with Gasteiger partial charge in [-0.05, 0) is 36.8 Å². The van der Waals surface area contributed by atoms with Gasteiger partial charge in [-0.15, -0.1) is 0 Å². The molecule has 0 radical (unpaired) electrons. The second-order valence-electron chi connectivity index (χ2n) is 6.37. The number of aryl methyl sites for hydroxylation is 1. The third-order valence-corrected chi connectivity index (χ3v) is 4.69. The fourth-order valence-electron chi connectivity index (χ4n) is 3.22. The molecule has 1 saturated heterocycles. The second kappa shape index (κ2) is 6.63. The third-order valence-electron chi connectivity index (χ3n) is 4.69. The molecule has 0 spiro atoms. The molecule has 1 aromatic heterocycles. The average molecular weight is 349 g/mol. The van der Waals surface area contributed by atoms with E-state index >= 15 is 0 Å². The van der Waals surface area contributed by atoms with Crippen LogP contribution in [-0.2, 0) is 4.79 Å². The van der Waals surface area contributed by atoms with Gasteiger partial charge in [-0.1, -0.05) is 29.4 Å². The molecular weight excluding hydrogens is 330 g/mol. The largest absolute Gasteiger partial charge is 0.497 e. The van der Waals surface area contributed by atoms with E-state index < -0.39 is 0 Å². The number of hydrogen-bond donors (Lipinski definition) is 0. The van der Waals surface area contributed by atoms with E-state index in [1.54, 1.807) is 12.0 Å². The van der Waals surface area contributed by atoms with Crippen molar-refractivity contribution in [2.45, 2.75) is 19.3 Å². The van der Waals surface area contributed by atoms with Crippen LogP contribution in [0.4, 0.5) is 5.69 Å². The molecule has 0 unspecified atom stereocenters. The summed E-state index contributed by atoms with van der Waals surface area (Å²) in [7, 11) is 1.62. The van der Waals surface area contributed by atoms with E-state index in [-0.39, 0.29) is 11.8 Å². The maximum Gasteiger partial charge on any atom is 0.232 e. The van der Waals surface area contributed by atoms with Gasteiger partial charge < -0.3 is 14.2 Å². The smallest absolute Gasteiger partial charge is 0.232 e. The molecule has 1 atom stereocenters. The van der Waals surface area contributed by atoms with Crippen LogP contribution in [0, 0.1) is 6.92 Å². The summed E-state index contributed by atoms with van der Waals surface area (Å²) >= 11 is 0. The number of hydrogen-bond acceptors (Lipinski definition) is 5. The lowest BCUT2D eigenvalue weighted by molar-refractivity contribution is -0.117. The Labute approximate surface area is 151 Å². The van der Waals surface area contributed by atoms with Crippen LogP contribution >= 0.6 is 0 Å². The Kier molecular flexibility index (Phi) is 4.16. The molecule has 132 valence electrons. The van der Waals surface area contributed by atoms with Crippen molar-refractivity contribution in [3.63, 3.8) is 0 Å². The highest BCUT2D eigenvalue weighted by Gasteiger charge is 2.35. The van der Waals surface area contributed by atoms with Gasteiger partial charge in [0.15, 0.2) is 0 Å². The lowest BCUT2D eigenvalue weighted by Crippen LogP contribution is -2.24. The molecular formula is C20H19N3O3. The standard InChI is InChI=1S/C20H19N3O3/c1-13-5-3-4-6-17(13)19-21-20(26-22-19)14-11-18(24)23(12-14)15-7-9-16(25-2)10-8-15/h3-10,14H,11-12H2,1-2H3/t14-/m0/s1. The van der Waals surface area contributed by atoms with Crippen molar-refractivity contribution >= 4 is 11.6 Å². The van der Waals surface area contributed by atoms with E-state index in [2.05, 4.69) is 10.1 Å². The second-order valence-corrected chi connectivity index (χ2v) is 6.37. The molecule has 2 aromatic carbocycles. The summed E-state index contributed by atoms with van der Waals surface area (Å²) in [4.78, 5) is 18.7. The summed E-state index contributed by atoms with van der Waals surface area (Å²) in [5.41, 5.74) is 2.87. The monoisotopic (exact) mass is 349 g/mol. The lowest BCUT2D eigenvalue weighted by Gasteiger charge is -2.16. The summed E-state index contributed by atoms with van der Waals surface area (Å²) in [5.74, 6) is 1.78. The van der Waals surface area contributed by atoms with Gasteiger partial charge in [0.05, 0.1) is 13.0 Å². The van der Waals surface area contributed by atoms with E-state index in [0.717, 1.165) is 22.6 Å². The lowest BCUT2D eigenvalue weighted by atomic mass is 10.1. The zero-order valence-electron chi connectivity index (χ0n) is 14.7. The molecule has 0 N–H and O–H groups in total. The van der Waals surface area contributed by atoms with Crippen LogP contribution in [0.1, 0.15) is 23.8 Å². The number of carbonyl (C=O) groups is 1. The van der Waals surface area contributed by atoms with Crippen molar-refractivity contribution in [2.75, 3.05) is 18.6 Å². The number of methoxy groups -OCH3 is 1. The minimum absolute atomic E-state index is 0.0517. The third kappa shape index (κ3) is 2.94. The highest BCUT2D eigenvalue weighted by molar-refractivity contribution is 5.96. The average Bonchev–Trinajstić information content (AvgIpc) is 3.29. The van der Waals surface area contributed by atoms with Gasteiger partial charge in [-0.2, -0.15) is 4.98 Å². The minimum Gasteiger partial charge on any atom is -0.497 e. The number of ether oxygens (including phenoxy) is 1. The normalized spacial score (nSPS) is 16.9. The zero-order valence-corrected chi connectivity index (χ0v) is 14.7. The molecule has 2 heterocycles. The molecule has 26 heavy (non-hydrogen) atoms. The Morgan fingerprint density at radius 3 is 2.65 bits per heavy atom. The van der Waals surface area contributed by atoms with Crippen LogP contribution in [0.15, 0.2) is 53.1 Å². The first-order valence-electron chi connectivity index (χ1n) is 8.49. The van der Waals surface area contributed by atoms with E-state index in [1.807, 2.05) is 55.5 Å². The molecule has 0 aliphatic carbocycles. The number of nitrogens with zero attached hydrogens (tertiary/aromatic N) is 3. The maximum atomic E-state index is 12.4. The Hall–Kier alpha value is -3.15. The van der Waals surface area contributed by atoms with Crippen molar-refractivity contribution in [1.29, 1.82) is 0 Å².